The van der Waals surface area contributed by atoms with Crippen molar-refractivity contribution in [1.82, 2.24) is 19.3 Å². The molecule has 2 heterocycles. The van der Waals surface area contributed by atoms with E-state index in [-0.39, 0.29) is 16.8 Å². The molecule has 1 atom stereocenters. The first kappa shape index (κ1) is 23.4. The van der Waals surface area contributed by atoms with Crippen LogP contribution >= 0.6 is 0 Å². The van der Waals surface area contributed by atoms with Gasteiger partial charge in [0.1, 0.15) is 0 Å². The van der Waals surface area contributed by atoms with E-state index in [0.717, 1.165) is 47.5 Å². The highest BCUT2D eigenvalue weighted by molar-refractivity contribution is 7.89. The zero-order valence-corrected chi connectivity index (χ0v) is 19.6. The van der Waals surface area contributed by atoms with Gasteiger partial charge < -0.3 is 9.84 Å². The number of piperazine rings is 1. The zero-order chi connectivity index (χ0) is 22.8. The minimum atomic E-state index is -3.57. The smallest absolute Gasteiger partial charge is 0.242 e. The van der Waals surface area contributed by atoms with Gasteiger partial charge in [-0.05, 0) is 38.5 Å². The Hall–Kier alpha value is -2.27. The number of carbonyl (C=O) groups excluding carboxylic acids is 1. The summed E-state index contributed by atoms with van der Waals surface area (Å²) in [4.78, 5) is 17.5. The number of benzene rings is 1. The molecule has 0 radical (unpaired) electrons. The van der Waals surface area contributed by atoms with Gasteiger partial charge in [0, 0.05) is 52.0 Å². The Labute approximate surface area is 184 Å². The standard InChI is InChI=1S/C21H31N5O4S/c1-15-6-7-19(31(28,29)24(4)5)13-20(15)22-21(27)17(3)26-10-8-25(9-11-26)14-18-12-16(2)23-30-18/h6-7,12-13,17H,8-11,14H2,1-5H3,(H,22,27)/t17-/m1/s1. The fourth-order valence-electron chi connectivity index (χ4n) is 3.53. The van der Waals surface area contributed by atoms with Crippen LogP contribution in [0.1, 0.15) is 23.9 Å². The quantitative estimate of drug-likeness (QED) is 0.687. The second-order valence-electron chi connectivity index (χ2n) is 8.18. The second-order valence-corrected chi connectivity index (χ2v) is 10.3. The van der Waals surface area contributed by atoms with Crippen LogP contribution in [0, 0.1) is 13.8 Å². The number of carbonyl (C=O) groups is 1. The number of hydrogen-bond acceptors (Lipinski definition) is 7. The van der Waals surface area contributed by atoms with Crippen molar-refractivity contribution in [3.8, 4) is 0 Å². The summed E-state index contributed by atoms with van der Waals surface area (Å²) in [5, 5.41) is 6.83. The number of amides is 1. The van der Waals surface area contributed by atoms with Gasteiger partial charge in [-0.3, -0.25) is 14.6 Å². The molecule has 9 nitrogen and oxygen atoms in total. The van der Waals surface area contributed by atoms with Crippen LogP contribution in [-0.4, -0.2) is 79.9 Å². The Kier molecular flexibility index (Phi) is 7.15. The Morgan fingerprint density at radius 1 is 1.19 bits per heavy atom. The van der Waals surface area contributed by atoms with Gasteiger partial charge in [-0.1, -0.05) is 11.2 Å². The highest BCUT2D eigenvalue weighted by Gasteiger charge is 2.27. The Morgan fingerprint density at radius 3 is 2.45 bits per heavy atom. The average molecular weight is 450 g/mol. The third-order valence-corrected chi connectivity index (χ3v) is 7.45. The normalized spacial score (nSPS) is 17.1. The third-order valence-electron chi connectivity index (χ3n) is 5.64. The van der Waals surface area contributed by atoms with E-state index >= 15 is 0 Å². The second kappa shape index (κ2) is 9.47. The van der Waals surface area contributed by atoms with Crippen LogP contribution in [0.25, 0.3) is 0 Å². The van der Waals surface area contributed by atoms with Crippen molar-refractivity contribution >= 4 is 21.6 Å². The van der Waals surface area contributed by atoms with Crippen LogP contribution in [0.4, 0.5) is 5.69 Å². The van der Waals surface area contributed by atoms with Gasteiger partial charge in [0.15, 0.2) is 5.76 Å². The molecular formula is C21H31N5O4S. The van der Waals surface area contributed by atoms with Gasteiger partial charge in [0.2, 0.25) is 15.9 Å². The minimum Gasteiger partial charge on any atom is -0.360 e. The molecule has 0 spiro atoms. The van der Waals surface area contributed by atoms with Gasteiger partial charge in [-0.25, -0.2) is 12.7 Å². The molecule has 1 aromatic heterocycles. The molecule has 1 aromatic carbocycles. The fraction of sp³-hybridized carbons (Fsp3) is 0.524. The van der Waals surface area contributed by atoms with Crippen molar-refractivity contribution in [2.45, 2.75) is 38.3 Å². The fourth-order valence-corrected chi connectivity index (χ4v) is 4.46. The number of sulfonamides is 1. The first-order chi connectivity index (χ1) is 14.6. The summed E-state index contributed by atoms with van der Waals surface area (Å²) in [5.41, 5.74) is 2.20. The largest absolute Gasteiger partial charge is 0.360 e. The van der Waals surface area contributed by atoms with Gasteiger partial charge >= 0.3 is 0 Å². The lowest BCUT2D eigenvalue weighted by Gasteiger charge is -2.37. The van der Waals surface area contributed by atoms with Crippen molar-refractivity contribution in [2.75, 3.05) is 45.6 Å². The summed E-state index contributed by atoms with van der Waals surface area (Å²) in [6, 6.07) is 6.39. The Morgan fingerprint density at radius 2 is 1.87 bits per heavy atom. The van der Waals surface area contributed by atoms with E-state index in [0.29, 0.717) is 12.2 Å². The van der Waals surface area contributed by atoms with Gasteiger partial charge in [-0.2, -0.15) is 0 Å². The lowest BCUT2D eigenvalue weighted by Crippen LogP contribution is -2.52. The van der Waals surface area contributed by atoms with Crippen LogP contribution in [0.5, 0.6) is 0 Å². The van der Waals surface area contributed by atoms with E-state index in [1.807, 2.05) is 26.8 Å². The number of rotatable bonds is 7. The lowest BCUT2D eigenvalue weighted by molar-refractivity contribution is -0.121. The molecule has 1 amide bonds. The summed E-state index contributed by atoms with van der Waals surface area (Å²) in [5.74, 6) is 0.696. The van der Waals surface area contributed by atoms with E-state index in [4.69, 9.17) is 4.52 Å². The van der Waals surface area contributed by atoms with Crippen molar-refractivity contribution in [3.63, 3.8) is 0 Å². The van der Waals surface area contributed by atoms with Crippen molar-refractivity contribution in [3.05, 3.63) is 41.3 Å². The molecule has 1 fully saturated rings. The number of aromatic nitrogens is 1. The maximum Gasteiger partial charge on any atom is 0.242 e. The number of aryl methyl sites for hydroxylation is 2. The molecule has 0 saturated carbocycles. The Bertz CT molecular complexity index is 1030. The Balaban J connectivity index is 1.60. The van der Waals surface area contributed by atoms with Crippen LogP contribution in [0.15, 0.2) is 33.7 Å². The van der Waals surface area contributed by atoms with Crippen LogP contribution in [-0.2, 0) is 21.4 Å². The first-order valence-corrected chi connectivity index (χ1v) is 11.7. The summed E-state index contributed by atoms with van der Waals surface area (Å²) in [6.45, 7) is 9.50. The minimum absolute atomic E-state index is 0.151. The summed E-state index contributed by atoms with van der Waals surface area (Å²) >= 11 is 0. The summed E-state index contributed by atoms with van der Waals surface area (Å²) < 4.78 is 31.3. The topological polar surface area (TPSA) is 99.0 Å². The van der Waals surface area contributed by atoms with Crippen LogP contribution in [0.2, 0.25) is 0 Å². The van der Waals surface area contributed by atoms with Crippen molar-refractivity contribution in [1.29, 1.82) is 0 Å². The predicted octanol–water partition coefficient (Wildman–Crippen LogP) is 1.69. The predicted molar refractivity (Wildman–Crippen MR) is 118 cm³/mol. The van der Waals surface area contributed by atoms with E-state index in [2.05, 4.69) is 20.3 Å². The van der Waals surface area contributed by atoms with Gasteiger partial charge in [-0.15, -0.1) is 0 Å². The highest BCUT2D eigenvalue weighted by Crippen LogP contribution is 2.22. The van der Waals surface area contributed by atoms with Crippen molar-refractivity contribution in [2.24, 2.45) is 0 Å². The molecule has 1 saturated heterocycles. The average Bonchev–Trinajstić information content (AvgIpc) is 3.13. The molecule has 0 aliphatic carbocycles. The number of anilines is 1. The molecule has 0 unspecified atom stereocenters. The van der Waals surface area contributed by atoms with Crippen LogP contribution in [0.3, 0.4) is 0 Å². The molecule has 1 aliphatic heterocycles. The lowest BCUT2D eigenvalue weighted by atomic mass is 10.1. The molecule has 170 valence electrons. The highest BCUT2D eigenvalue weighted by atomic mass is 32.2. The SMILES string of the molecule is Cc1cc(CN2CCN([C@H](C)C(=O)Nc3cc(S(=O)(=O)N(C)C)ccc3C)CC2)on1. The molecule has 3 rings (SSSR count). The number of hydrogen-bond donors (Lipinski definition) is 1. The zero-order valence-electron chi connectivity index (χ0n) is 18.8. The number of nitrogens with one attached hydrogen (secondary N) is 1. The van der Waals surface area contributed by atoms with E-state index in [1.165, 1.54) is 20.2 Å². The van der Waals surface area contributed by atoms with Crippen LogP contribution < -0.4 is 5.32 Å². The maximum atomic E-state index is 12.9. The molecule has 31 heavy (non-hydrogen) atoms. The summed E-state index contributed by atoms with van der Waals surface area (Å²) in [6.07, 6.45) is 0. The number of nitrogens with zero attached hydrogens (tertiary/aromatic N) is 4. The molecule has 0 bridgehead atoms. The van der Waals surface area contributed by atoms with Gasteiger partial charge in [0.05, 0.1) is 23.2 Å². The molecule has 10 heteroatoms. The van der Waals surface area contributed by atoms with E-state index in [9.17, 15) is 13.2 Å². The molecule has 1 aliphatic rings. The molecular weight excluding hydrogens is 418 g/mol. The van der Waals surface area contributed by atoms with E-state index < -0.39 is 10.0 Å². The monoisotopic (exact) mass is 449 g/mol. The third kappa shape index (κ3) is 5.51. The molecule has 1 N–H and O–H groups in total. The van der Waals surface area contributed by atoms with E-state index in [1.54, 1.807) is 12.1 Å². The van der Waals surface area contributed by atoms with Crippen molar-refractivity contribution < 1.29 is 17.7 Å². The maximum absolute atomic E-state index is 12.9. The summed E-state index contributed by atoms with van der Waals surface area (Å²) in [7, 11) is -0.600. The van der Waals surface area contributed by atoms with Gasteiger partial charge in [0.25, 0.3) is 0 Å². The molecule has 2 aromatic rings. The first-order valence-electron chi connectivity index (χ1n) is 10.3.